The highest BCUT2D eigenvalue weighted by Gasteiger charge is 2.20. The van der Waals surface area contributed by atoms with Crippen LogP contribution in [0, 0.1) is 0 Å². The molecule has 0 saturated carbocycles. The van der Waals surface area contributed by atoms with E-state index in [9.17, 15) is 8.42 Å². The average Bonchev–Trinajstić information content (AvgIpc) is 2.62. The Morgan fingerprint density at radius 1 is 1.44 bits per heavy atom. The predicted octanol–water partition coefficient (Wildman–Crippen LogP) is 2.09. The molecule has 1 unspecified atom stereocenters. The number of sulfone groups is 1. The van der Waals surface area contributed by atoms with Gasteiger partial charge in [-0.25, -0.2) is 13.4 Å². The topological polar surface area (TPSA) is 73.1 Å². The van der Waals surface area contributed by atoms with Gasteiger partial charge in [0.15, 0.2) is 9.84 Å². The van der Waals surface area contributed by atoms with E-state index in [-0.39, 0.29) is 23.0 Å². The van der Waals surface area contributed by atoms with Gasteiger partial charge >= 0.3 is 0 Å². The van der Waals surface area contributed by atoms with Gasteiger partial charge in [-0.1, -0.05) is 20.8 Å². The molecule has 1 atom stereocenters. The van der Waals surface area contributed by atoms with Crippen LogP contribution < -0.4 is 5.73 Å². The van der Waals surface area contributed by atoms with Crippen LogP contribution in [0.15, 0.2) is 5.38 Å². The van der Waals surface area contributed by atoms with E-state index in [1.807, 2.05) is 12.3 Å². The van der Waals surface area contributed by atoms with E-state index in [0.717, 1.165) is 5.69 Å². The van der Waals surface area contributed by atoms with Crippen LogP contribution in [0.4, 0.5) is 0 Å². The van der Waals surface area contributed by atoms with Crippen molar-refractivity contribution in [3.8, 4) is 0 Å². The summed E-state index contributed by atoms with van der Waals surface area (Å²) in [5.74, 6) is 0.162. The number of nitrogens with two attached hydrogens (primary N) is 1. The molecule has 1 aromatic rings. The Kier molecular flexibility index (Phi) is 4.91. The molecule has 1 rings (SSSR count). The molecule has 0 amide bonds. The first-order valence-corrected chi connectivity index (χ1v) is 8.71. The molecular formula is C12H22N2O2S2. The lowest BCUT2D eigenvalue weighted by molar-refractivity contribution is 0.569. The van der Waals surface area contributed by atoms with Gasteiger partial charge in [0, 0.05) is 16.8 Å². The van der Waals surface area contributed by atoms with Crippen molar-refractivity contribution in [3.05, 3.63) is 16.1 Å². The summed E-state index contributed by atoms with van der Waals surface area (Å²) in [7, 11) is -3.09. The van der Waals surface area contributed by atoms with Gasteiger partial charge in [-0.05, 0) is 13.3 Å². The number of hydrogen-bond donors (Lipinski definition) is 1. The fourth-order valence-electron chi connectivity index (χ4n) is 1.35. The van der Waals surface area contributed by atoms with E-state index in [1.165, 1.54) is 11.3 Å². The van der Waals surface area contributed by atoms with Gasteiger partial charge in [-0.3, -0.25) is 0 Å². The van der Waals surface area contributed by atoms with Gasteiger partial charge in [0.2, 0.25) is 0 Å². The van der Waals surface area contributed by atoms with Crippen molar-refractivity contribution in [1.82, 2.24) is 4.98 Å². The summed E-state index contributed by atoms with van der Waals surface area (Å²) in [4.78, 5) is 4.40. The van der Waals surface area contributed by atoms with E-state index >= 15 is 0 Å². The summed E-state index contributed by atoms with van der Waals surface area (Å²) >= 11 is 1.42. The lowest BCUT2D eigenvalue weighted by atomic mass is 9.93. The van der Waals surface area contributed by atoms with E-state index in [4.69, 9.17) is 5.73 Å². The maximum Gasteiger partial charge on any atom is 0.156 e. The zero-order valence-electron chi connectivity index (χ0n) is 11.4. The molecule has 0 spiro atoms. The molecule has 0 aliphatic rings. The van der Waals surface area contributed by atoms with Gasteiger partial charge in [0.1, 0.15) is 10.8 Å². The Balaban J connectivity index is 2.70. The Morgan fingerprint density at radius 3 is 2.50 bits per heavy atom. The second kappa shape index (κ2) is 5.67. The minimum atomic E-state index is -3.09. The van der Waals surface area contributed by atoms with Crippen molar-refractivity contribution in [2.75, 3.05) is 5.75 Å². The fraction of sp³-hybridized carbons (Fsp3) is 0.750. The lowest BCUT2D eigenvalue weighted by Crippen LogP contribution is -2.20. The van der Waals surface area contributed by atoms with Crippen LogP contribution in [0.2, 0.25) is 0 Å². The molecule has 0 fully saturated rings. The van der Waals surface area contributed by atoms with E-state index in [1.54, 1.807) is 0 Å². The summed E-state index contributed by atoms with van der Waals surface area (Å²) < 4.78 is 23.7. The molecule has 0 radical (unpaired) electrons. The Morgan fingerprint density at radius 2 is 2.06 bits per heavy atom. The quantitative estimate of drug-likeness (QED) is 0.901. The lowest BCUT2D eigenvalue weighted by Gasteiger charge is -2.14. The van der Waals surface area contributed by atoms with Gasteiger partial charge < -0.3 is 5.73 Å². The molecular weight excluding hydrogens is 268 g/mol. The Labute approximate surface area is 114 Å². The van der Waals surface area contributed by atoms with Crippen molar-refractivity contribution in [1.29, 1.82) is 0 Å². The predicted molar refractivity (Wildman–Crippen MR) is 76.6 cm³/mol. The number of nitrogens with zero attached hydrogens (tertiary/aromatic N) is 1. The third-order valence-electron chi connectivity index (χ3n) is 2.55. The highest BCUT2D eigenvalue weighted by molar-refractivity contribution is 7.90. The molecule has 4 nitrogen and oxygen atoms in total. The minimum absolute atomic E-state index is 0.0282. The number of hydrogen-bond acceptors (Lipinski definition) is 5. The molecule has 6 heteroatoms. The first-order chi connectivity index (χ1) is 8.10. The van der Waals surface area contributed by atoms with E-state index < -0.39 is 9.84 Å². The fourth-order valence-corrected chi connectivity index (χ4v) is 4.28. The molecule has 1 heterocycles. The summed E-state index contributed by atoms with van der Waals surface area (Å²) in [6.07, 6.45) is 0.500. The van der Waals surface area contributed by atoms with Crippen molar-refractivity contribution < 1.29 is 8.42 Å². The number of rotatable bonds is 5. The summed E-state index contributed by atoms with van der Waals surface area (Å²) in [6, 6.07) is -0.0822. The monoisotopic (exact) mass is 290 g/mol. The molecule has 2 N–H and O–H groups in total. The maximum atomic E-state index is 11.9. The largest absolute Gasteiger partial charge is 0.328 e. The number of thiazole rings is 1. The molecule has 0 aliphatic heterocycles. The van der Waals surface area contributed by atoms with Crippen LogP contribution in [0.5, 0.6) is 0 Å². The summed E-state index contributed by atoms with van der Waals surface area (Å²) in [6.45, 7) is 8.01. The molecule has 0 saturated heterocycles. The van der Waals surface area contributed by atoms with Crippen LogP contribution in [0.1, 0.15) is 44.8 Å². The molecule has 1 aromatic heterocycles. The van der Waals surface area contributed by atoms with Gasteiger partial charge in [0.25, 0.3) is 0 Å². The SMILES string of the molecule is CC(N)CCS(=O)(=O)Cc1nc(C(C)(C)C)cs1. The third-order valence-corrected chi connectivity index (χ3v) is 5.15. The highest BCUT2D eigenvalue weighted by Crippen LogP contribution is 2.24. The van der Waals surface area contributed by atoms with Gasteiger partial charge in [-0.2, -0.15) is 0 Å². The summed E-state index contributed by atoms with van der Waals surface area (Å²) in [5.41, 5.74) is 6.49. The second-order valence-electron chi connectivity index (χ2n) is 5.73. The molecule has 0 bridgehead atoms. The van der Waals surface area contributed by atoms with E-state index in [0.29, 0.717) is 11.4 Å². The van der Waals surface area contributed by atoms with Crippen LogP contribution in [0.25, 0.3) is 0 Å². The minimum Gasteiger partial charge on any atom is -0.328 e. The first-order valence-electron chi connectivity index (χ1n) is 6.01. The molecule has 0 aliphatic carbocycles. The van der Waals surface area contributed by atoms with E-state index in [2.05, 4.69) is 25.8 Å². The molecule has 18 heavy (non-hydrogen) atoms. The Hall–Kier alpha value is -0.460. The smallest absolute Gasteiger partial charge is 0.156 e. The first kappa shape index (κ1) is 15.6. The average molecular weight is 290 g/mol. The van der Waals surface area contributed by atoms with Crippen molar-refractivity contribution >= 4 is 21.2 Å². The van der Waals surface area contributed by atoms with Crippen molar-refractivity contribution in [3.63, 3.8) is 0 Å². The third kappa shape index (κ3) is 5.04. The zero-order valence-corrected chi connectivity index (χ0v) is 13.1. The van der Waals surface area contributed by atoms with Crippen molar-refractivity contribution in [2.45, 2.75) is 51.3 Å². The zero-order chi connectivity index (χ0) is 14.0. The van der Waals surface area contributed by atoms with Gasteiger partial charge in [-0.15, -0.1) is 11.3 Å². The van der Waals surface area contributed by atoms with Crippen LogP contribution >= 0.6 is 11.3 Å². The highest BCUT2D eigenvalue weighted by atomic mass is 32.2. The number of aromatic nitrogens is 1. The molecule has 104 valence electrons. The molecule has 0 aromatic carbocycles. The van der Waals surface area contributed by atoms with Crippen molar-refractivity contribution in [2.24, 2.45) is 5.73 Å². The van der Waals surface area contributed by atoms with Crippen LogP contribution in [-0.4, -0.2) is 25.2 Å². The van der Waals surface area contributed by atoms with Gasteiger partial charge in [0.05, 0.1) is 11.4 Å². The summed E-state index contributed by atoms with van der Waals surface area (Å²) in [5, 5.41) is 2.61. The Bertz CT molecular complexity index is 484. The second-order valence-corrected chi connectivity index (χ2v) is 8.86. The van der Waals surface area contributed by atoms with Crippen LogP contribution in [0.3, 0.4) is 0 Å². The standard InChI is InChI=1S/C12H22N2O2S2/c1-9(13)5-6-18(15,16)8-11-14-10(7-17-11)12(2,3)4/h7,9H,5-6,8,13H2,1-4H3. The normalized spacial score (nSPS) is 14.7. The maximum absolute atomic E-state index is 11.9. The van der Waals surface area contributed by atoms with Crippen LogP contribution in [-0.2, 0) is 21.0 Å².